The number of methoxy groups -OCH3 is 1. The molecular formula is C24H33N3O5S. The SMILES string of the molecule is CC[C@@H](C(=O)Nc1ccccc1C(=O)NCCCOC)N(c1ccc(C)c(C)c1)S(C)(=O)=O. The number of aryl methyl sites for hydroxylation is 2. The zero-order chi connectivity index (χ0) is 24.6. The Bertz CT molecular complexity index is 1090. The highest BCUT2D eigenvalue weighted by atomic mass is 32.2. The summed E-state index contributed by atoms with van der Waals surface area (Å²) in [4.78, 5) is 25.9. The van der Waals surface area contributed by atoms with E-state index >= 15 is 0 Å². The monoisotopic (exact) mass is 475 g/mol. The lowest BCUT2D eigenvalue weighted by Gasteiger charge is -2.30. The molecule has 0 fully saturated rings. The van der Waals surface area contributed by atoms with Gasteiger partial charge in [-0.15, -0.1) is 0 Å². The minimum Gasteiger partial charge on any atom is -0.385 e. The Morgan fingerprint density at radius 2 is 1.79 bits per heavy atom. The first-order valence-corrected chi connectivity index (χ1v) is 12.7. The number of hydrogen-bond donors (Lipinski definition) is 2. The van der Waals surface area contributed by atoms with Gasteiger partial charge < -0.3 is 15.4 Å². The van der Waals surface area contributed by atoms with Crippen molar-refractivity contribution in [2.45, 2.75) is 39.7 Å². The molecule has 0 unspecified atom stereocenters. The minimum atomic E-state index is -3.76. The van der Waals surface area contributed by atoms with E-state index in [9.17, 15) is 18.0 Å². The van der Waals surface area contributed by atoms with Crippen LogP contribution in [-0.4, -0.2) is 52.8 Å². The number of nitrogens with one attached hydrogen (secondary N) is 2. The maximum Gasteiger partial charge on any atom is 0.253 e. The molecule has 2 rings (SSSR count). The van der Waals surface area contributed by atoms with Crippen LogP contribution in [0, 0.1) is 13.8 Å². The quantitative estimate of drug-likeness (QED) is 0.486. The molecule has 0 heterocycles. The molecule has 0 saturated heterocycles. The molecule has 0 aliphatic rings. The van der Waals surface area contributed by atoms with E-state index in [0.717, 1.165) is 21.7 Å². The van der Waals surface area contributed by atoms with E-state index < -0.39 is 22.0 Å². The van der Waals surface area contributed by atoms with Crippen molar-refractivity contribution < 1.29 is 22.7 Å². The maximum atomic E-state index is 13.3. The van der Waals surface area contributed by atoms with E-state index in [0.29, 0.717) is 36.5 Å². The average molecular weight is 476 g/mol. The molecule has 2 aromatic rings. The van der Waals surface area contributed by atoms with Gasteiger partial charge in [0.25, 0.3) is 5.91 Å². The molecule has 0 aliphatic carbocycles. The smallest absolute Gasteiger partial charge is 0.253 e. The number of sulfonamides is 1. The van der Waals surface area contributed by atoms with E-state index in [4.69, 9.17) is 4.74 Å². The molecule has 1 atom stereocenters. The number of anilines is 2. The van der Waals surface area contributed by atoms with Crippen LogP contribution in [0.25, 0.3) is 0 Å². The van der Waals surface area contributed by atoms with Crippen molar-refractivity contribution in [1.82, 2.24) is 5.32 Å². The average Bonchev–Trinajstić information content (AvgIpc) is 2.76. The van der Waals surface area contributed by atoms with Gasteiger partial charge in [-0.1, -0.05) is 25.1 Å². The molecule has 2 aromatic carbocycles. The number of amides is 2. The van der Waals surface area contributed by atoms with E-state index in [2.05, 4.69) is 10.6 Å². The highest BCUT2D eigenvalue weighted by Gasteiger charge is 2.32. The summed E-state index contributed by atoms with van der Waals surface area (Å²) in [6.45, 7) is 6.53. The van der Waals surface area contributed by atoms with Crippen LogP contribution in [0.5, 0.6) is 0 Å². The first kappa shape index (κ1) is 26.3. The maximum absolute atomic E-state index is 13.3. The highest BCUT2D eigenvalue weighted by molar-refractivity contribution is 7.92. The van der Waals surface area contributed by atoms with Crippen molar-refractivity contribution >= 4 is 33.2 Å². The highest BCUT2D eigenvalue weighted by Crippen LogP contribution is 2.26. The molecule has 0 spiro atoms. The number of ether oxygens (including phenoxy) is 1. The number of hydrogen-bond acceptors (Lipinski definition) is 5. The van der Waals surface area contributed by atoms with E-state index in [1.807, 2.05) is 19.9 Å². The Morgan fingerprint density at radius 3 is 2.39 bits per heavy atom. The zero-order valence-electron chi connectivity index (χ0n) is 19.8. The van der Waals surface area contributed by atoms with Crippen LogP contribution in [0.4, 0.5) is 11.4 Å². The summed E-state index contributed by atoms with van der Waals surface area (Å²) in [6.07, 6.45) is 1.99. The number of benzene rings is 2. The van der Waals surface area contributed by atoms with Crippen LogP contribution < -0.4 is 14.9 Å². The van der Waals surface area contributed by atoms with Crippen LogP contribution in [0.1, 0.15) is 41.3 Å². The summed E-state index contributed by atoms with van der Waals surface area (Å²) in [7, 11) is -2.17. The number of nitrogens with zero attached hydrogens (tertiary/aromatic N) is 1. The second-order valence-electron chi connectivity index (χ2n) is 7.89. The number of para-hydroxylation sites is 1. The van der Waals surface area contributed by atoms with Crippen molar-refractivity contribution in [3.8, 4) is 0 Å². The molecule has 0 aromatic heterocycles. The van der Waals surface area contributed by atoms with Gasteiger partial charge in [-0.3, -0.25) is 13.9 Å². The fourth-order valence-corrected chi connectivity index (χ4v) is 4.65. The van der Waals surface area contributed by atoms with Crippen LogP contribution in [0.3, 0.4) is 0 Å². The fourth-order valence-electron chi connectivity index (χ4n) is 3.44. The summed E-state index contributed by atoms with van der Waals surface area (Å²) in [5.41, 5.74) is 2.99. The molecule has 0 saturated carbocycles. The Hall–Kier alpha value is -2.91. The largest absolute Gasteiger partial charge is 0.385 e. The second-order valence-corrected chi connectivity index (χ2v) is 9.75. The van der Waals surface area contributed by atoms with Crippen LogP contribution in [0.15, 0.2) is 42.5 Å². The van der Waals surface area contributed by atoms with Gasteiger partial charge in [0.2, 0.25) is 15.9 Å². The molecule has 2 N–H and O–H groups in total. The van der Waals surface area contributed by atoms with Gasteiger partial charge in [0.15, 0.2) is 0 Å². The van der Waals surface area contributed by atoms with Crippen LogP contribution in [-0.2, 0) is 19.6 Å². The van der Waals surface area contributed by atoms with Crippen molar-refractivity contribution in [1.29, 1.82) is 0 Å². The molecule has 0 bridgehead atoms. The van der Waals surface area contributed by atoms with Gasteiger partial charge in [0, 0.05) is 20.3 Å². The van der Waals surface area contributed by atoms with Crippen LogP contribution >= 0.6 is 0 Å². The number of carbonyl (C=O) groups excluding carboxylic acids is 2. The molecule has 9 heteroatoms. The molecule has 8 nitrogen and oxygen atoms in total. The Balaban J connectivity index is 2.31. The molecule has 0 radical (unpaired) electrons. The minimum absolute atomic E-state index is 0.247. The summed E-state index contributed by atoms with van der Waals surface area (Å²) in [5, 5.41) is 5.56. The Labute approximate surface area is 196 Å². The summed E-state index contributed by atoms with van der Waals surface area (Å²) in [5.74, 6) is -0.843. The lowest BCUT2D eigenvalue weighted by molar-refractivity contribution is -0.117. The second kappa shape index (κ2) is 11.8. The predicted molar refractivity (Wildman–Crippen MR) is 131 cm³/mol. The van der Waals surface area contributed by atoms with Crippen molar-refractivity contribution in [2.75, 3.05) is 36.1 Å². The van der Waals surface area contributed by atoms with Crippen molar-refractivity contribution in [3.63, 3.8) is 0 Å². The first-order valence-electron chi connectivity index (χ1n) is 10.8. The molecule has 2 amide bonds. The lowest BCUT2D eigenvalue weighted by atomic mass is 10.1. The topological polar surface area (TPSA) is 105 Å². The third kappa shape index (κ3) is 7.03. The van der Waals surface area contributed by atoms with Gasteiger partial charge in [-0.05, 0) is 62.1 Å². The normalized spacial score (nSPS) is 12.2. The van der Waals surface area contributed by atoms with Gasteiger partial charge in [-0.2, -0.15) is 0 Å². The predicted octanol–water partition coefficient (Wildman–Crippen LogP) is 3.25. The van der Waals surface area contributed by atoms with Gasteiger partial charge in [-0.25, -0.2) is 8.42 Å². The summed E-state index contributed by atoms with van der Waals surface area (Å²) >= 11 is 0. The van der Waals surface area contributed by atoms with Gasteiger partial charge in [0.05, 0.1) is 23.2 Å². The third-order valence-corrected chi connectivity index (χ3v) is 6.49. The standard InChI is InChI=1S/C24H33N3O5S/c1-6-22(27(33(5,30)31)19-13-12-17(2)18(3)16-19)24(29)26-21-11-8-7-10-20(21)23(28)25-14-9-15-32-4/h7-8,10-13,16,22H,6,9,14-15H2,1-5H3,(H,25,28)(H,26,29)/t22-/m0/s1. The third-order valence-electron chi connectivity index (χ3n) is 5.32. The first-order chi connectivity index (χ1) is 15.6. The van der Waals surface area contributed by atoms with E-state index in [-0.39, 0.29) is 12.3 Å². The number of rotatable bonds is 11. The summed E-state index contributed by atoms with van der Waals surface area (Å²) < 4.78 is 31.5. The van der Waals surface area contributed by atoms with E-state index in [1.165, 1.54) is 0 Å². The lowest BCUT2D eigenvalue weighted by Crippen LogP contribution is -2.47. The van der Waals surface area contributed by atoms with Gasteiger partial charge >= 0.3 is 0 Å². The van der Waals surface area contributed by atoms with Gasteiger partial charge in [0.1, 0.15) is 6.04 Å². The molecular weight excluding hydrogens is 442 g/mol. The molecule has 0 aliphatic heterocycles. The van der Waals surface area contributed by atoms with E-state index in [1.54, 1.807) is 50.4 Å². The number of carbonyl (C=O) groups is 2. The van der Waals surface area contributed by atoms with Crippen molar-refractivity contribution in [3.05, 3.63) is 59.2 Å². The molecule has 180 valence electrons. The van der Waals surface area contributed by atoms with Crippen molar-refractivity contribution in [2.24, 2.45) is 0 Å². The molecule has 33 heavy (non-hydrogen) atoms. The Kier molecular flexibility index (Phi) is 9.43. The summed E-state index contributed by atoms with van der Waals surface area (Å²) in [6, 6.07) is 10.9. The zero-order valence-corrected chi connectivity index (χ0v) is 20.7. The van der Waals surface area contributed by atoms with Crippen LogP contribution in [0.2, 0.25) is 0 Å². The fraction of sp³-hybridized carbons (Fsp3) is 0.417. The Morgan fingerprint density at radius 1 is 1.09 bits per heavy atom.